The SMILES string of the molecule is CCc1ccc(C(Cc2cn(C)nn2)NN)s1. The summed E-state index contributed by atoms with van der Waals surface area (Å²) in [6, 6.07) is 4.39. The smallest absolute Gasteiger partial charge is 0.0846 e. The molecule has 0 aliphatic heterocycles. The van der Waals surface area contributed by atoms with Gasteiger partial charge in [-0.1, -0.05) is 12.1 Å². The number of nitrogens with two attached hydrogens (primary N) is 1. The van der Waals surface area contributed by atoms with Crippen LogP contribution in [0.2, 0.25) is 0 Å². The van der Waals surface area contributed by atoms with E-state index < -0.39 is 0 Å². The van der Waals surface area contributed by atoms with E-state index in [0.717, 1.165) is 18.5 Å². The number of thiophene rings is 1. The van der Waals surface area contributed by atoms with Crippen molar-refractivity contribution < 1.29 is 0 Å². The summed E-state index contributed by atoms with van der Waals surface area (Å²) in [6.45, 7) is 2.16. The molecule has 2 aromatic heterocycles. The Morgan fingerprint density at radius 1 is 1.53 bits per heavy atom. The van der Waals surface area contributed by atoms with Crippen LogP contribution in [0.1, 0.15) is 28.4 Å². The van der Waals surface area contributed by atoms with Gasteiger partial charge >= 0.3 is 0 Å². The number of nitrogens with zero attached hydrogens (tertiary/aromatic N) is 3. The lowest BCUT2D eigenvalue weighted by atomic mass is 10.1. The maximum atomic E-state index is 5.61. The number of aromatic nitrogens is 3. The normalized spacial score (nSPS) is 12.9. The van der Waals surface area contributed by atoms with Crippen LogP contribution in [0.25, 0.3) is 0 Å². The van der Waals surface area contributed by atoms with E-state index in [2.05, 4.69) is 34.8 Å². The molecule has 1 unspecified atom stereocenters. The number of nitrogens with one attached hydrogen (secondary N) is 1. The largest absolute Gasteiger partial charge is 0.271 e. The Hall–Kier alpha value is -1.24. The average molecular weight is 251 g/mol. The van der Waals surface area contributed by atoms with Crippen LogP contribution in [0.4, 0.5) is 0 Å². The van der Waals surface area contributed by atoms with Crippen LogP contribution < -0.4 is 11.3 Å². The second-order valence-corrected chi connectivity index (χ2v) is 5.16. The first-order valence-electron chi connectivity index (χ1n) is 5.63. The number of rotatable bonds is 5. The summed E-state index contributed by atoms with van der Waals surface area (Å²) < 4.78 is 1.70. The molecule has 0 aromatic carbocycles. The maximum absolute atomic E-state index is 5.61. The van der Waals surface area contributed by atoms with Crippen molar-refractivity contribution in [3.8, 4) is 0 Å². The summed E-state index contributed by atoms with van der Waals surface area (Å²) in [7, 11) is 1.86. The number of hydrazine groups is 1. The molecule has 17 heavy (non-hydrogen) atoms. The van der Waals surface area contributed by atoms with Crippen molar-refractivity contribution in [3.63, 3.8) is 0 Å². The molecule has 2 aromatic rings. The van der Waals surface area contributed by atoms with Gasteiger partial charge < -0.3 is 0 Å². The van der Waals surface area contributed by atoms with E-state index in [9.17, 15) is 0 Å². The van der Waals surface area contributed by atoms with Crippen LogP contribution >= 0.6 is 11.3 Å². The van der Waals surface area contributed by atoms with Gasteiger partial charge in [0.25, 0.3) is 0 Å². The first-order valence-corrected chi connectivity index (χ1v) is 6.44. The van der Waals surface area contributed by atoms with Crippen molar-refractivity contribution in [2.45, 2.75) is 25.8 Å². The third kappa shape index (κ3) is 2.91. The zero-order chi connectivity index (χ0) is 12.3. The van der Waals surface area contributed by atoms with Crippen LogP contribution in [0.5, 0.6) is 0 Å². The highest BCUT2D eigenvalue weighted by molar-refractivity contribution is 7.12. The Morgan fingerprint density at radius 2 is 2.35 bits per heavy atom. The number of aryl methyl sites for hydroxylation is 2. The lowest BCUT2D eigenvalue weighted by molar-refractivity contribution is 0.554. The van der Waals surface area contributed by atoms with Crippen LogP contribution in [0, 0.1) is 0 Å². The molecule has 0 spiro atoms. The van der Waals surface area contributed by atoms with Crippen LogP contribution in [0.3, 0.4) is 0 Å². The van der Waals surface area contributed by atoms with E-state index in [1.54, 1.807) is 16.0 Å². The van der Waals surface area contributed by atoms with E-state index in [4.69, 9.17) is 5.84 Å². The second-order valence-electron chi connectivity index (χ2n) is 3.96. The highest BCUT2D eigenvalue weighted by Gasteiger charge is 2.14. The minimum atomic E-state index is 0.108. The van der Waals surface area contributed by atoms with Crippen LogP contribution in [-0.2, 0) is 19.9 Å². The van der Waals surface area contributed by atoms with E-state index in [-0.39, 0.29) is 6.04 Å². The summed E-state index contributed by atoms with van der Waals surface area (Å²) in [6.07, 6.45) is 3.74. The van der Waals surface area contributed by atoms with Gasteiger partial charge in [-0.25, -0.2) is 0 Å². The molecular formula is C11H17N5S. The van der Waals surface area contributed by atoms with Crippen LogP contribution in [-0.4, -0.2) is 15.0 Å². The molecule has 0 bridgehead atoms. The molecular weight excluding hydrogens is 234 g/mol. The molecule has 3 N–H and O–H groups in total. The van der Waals surface area contributed by atoms with E-state index in [0.29, 0.717) is 0 Å². The predicted octanol–water partition coefficient (Wildman–Crippen LogP) is 1.19. The molecule has 0 aliphatic rings. The molecule has 92 valence electrons. The fourth-order valence-electron chi connectivity index (χ4n) is 1.71. The summed E-state index contributed by atoms with van der Waals surface area (Å²) in [4.78, 5) is 2.62. The van der Waals surface area contributed by atoms with Gasteiger partial charge in [0.2, 0.25) is 0 Å². The average Bonchev–Trinajstić information content (AvgIpc) is 2.94. The van der Waals surface area contributed by atoms with E-state index in [1.807, 2.05) is 13.2 Å². The Morgan fingerprint density at radius 3 is 2.88 bits per heavy atom. The minimum absolute atomic E-state index is 0.108. The minimum Gasteiger partial charge on any atom is -0.271 e. The molecule has 0 saturated heterocycles. The molecule has 0 saturated carbocycles. The second kappa shape index (κ2) is 5.39. The van der Waals surface area contributed by atoms with Gasteiger partial charge in [-0.05, 0) is 18.6 Å². The lowest BCUT2D eigenvalue weighted by Gasteiger charge is -2.11. The fourth-order valence-corrected chi connectivity index (χ4v) is 2.72. The molecule has 2 heterocycles. The van der Waals surface area contributed by atoms with Gasteiger partial charge in [0, 0.05) is 29.4 Å². The first kappa shape index (κ1) is 12.2. The van der Waals surface area contributed by atoms with Gasteiger partial charge in [-0.2, -0.15) is 0 Å². The molecule has 6 heteroatoms. The quantitative estimate of drug-likeness (QED) is 0.618. The molecule has 0 fully saturated rings. The monoisotopic (exact) mass is 251 g/mol. The summed E-state index contributed by atoms with van der Waals surface area (Å²) >= 11 is 1.79. The van der Waals surface area contributed by atoms with Crippen molar-refractivity contribution in [2.75, 3.05) is 0 Å². The Balaban J connectivity index is 2.10. The van der Waals surface area contributed by atoms with Crippen LogP contribution in [0.15, 0.2) is 18.3 Å². The zero-order valence-electron chi connectivity index (χ0n) is 10.1. The Kier molecular flexibility index (Phi) is 3.88. The van der Waals surface area contributed by atoms with Gasteiger partial charge in [0.15, 0.2) is 0 Å². The highest BCUT2D eigenvalue weighted by Crippen LogP contribution is 2.25. The molecule has 2 rings (SSSR count). The standard InChI is InChI=1S/C11H17N5S/c1-3-9-4-5-11(17-9)10(13-12)6-8-7-16(2)15-14-8/h4-5,7,10,13H,3,6,12H2,1-2H3. The van der Waals surface area contributed by atoms with Crippen molar-refractivity contribution in [1.82, 2.24) is 20.4 Å². The third-order valence-electron chi connectivity index (χ3n) is 2.64. The zero-order valence-corrected chi connectivity index (χ0v) is 10.9. The molecule has 1 atom stereocenters. The van der Waals surface area contributed by atoms with Crippen molar-refractivity contribution in [3.05, 3.63) is 33.8 Å². The Labute approximate surface area is 105 Å². The maximum Gasteiger partial charge on any atom is 0.0846 e. The molecule has 0 amide bonds. The number of hydrogen-bond donors (Lipinski definition) is 2. The topological polar surface area (TPSA) is 68.8 Å². The first-order chi connectivity index (χ1) is 8.22. The highest BCUT2D eigenvalue weighted by atomic mass is 32.1. The van der Waals surface area contributed by atoms with E-state index in [1.165, 1.54) is 9.75 Å². The summed E-state index contributed by atoms with van der Waals surface area (Å²) in [5.74, 6) is 5.61. The van der Waals surface area contributed by atoms with E-state index >= 15 is 0 Å². The predicted molar refractivity (Wildman–Crippen MR) is 68.5 cm³/mol. The van der Waals surface area contributed by atoms with Gasteiger partial charge in [-0.15, -0.1) is 16.4 Å². The molecule has 0 radical (unpaired) electrons. The Bertz CT molecular complexity index is 476. The summed E-state index contributed by atoms with van der Waals surface area (Å²) in [5.41, 5.74) is 3.79. The molecule has 0 aliphatic carbocycles. The van der Waals surface area contributed by atoms with Gasteiger partial charge in [0.05, 0.1) is 11.7 Å². The number of hydrogen-bond acceptors (Lipinski definition) is 5. The van der Waals surface area contributed by atoms with Crippen molar-refractivity contribution in [2.24, 2.45) is 12.9 Å². The molecule has 5 nitrogen and oxygen atoms in total. The fraction of sp³-hybridized carbons (Fsp3) is 0.455. The van der Waals surface area contributed by atoms with Crippen molar-refractivity contribution in [1.29, 1.82) is 0 Å². The lowest BCUT2D eigenvalue weighted by Crippen LogP contribution is -2.29. The van der Waals surface area contributed by atoms with Gasteiger partial charge in [0.1, 0.15) is 0 Å². The van der Waals surface area contributed by atoms with Crippen molar-refractivity contribution >= 4 is 11.3 Å². The summed E-state index contributed by atoms with van der Waals surface area (Å²) in [5, 5.41) is 8.00. The third-order valence-corrected chi connectivity index (χ3v) is 3.98. The van der Waals surface area contributed by atoms with Gasteiger partial charge in [-0.3, -0.25) is 16.0 Å².